The molecule has 0 atom stereocenters. The summed E-state index contributed by atoms with van der Waals surface area (Å²) in [5.74, 6) is 0.286. The highest BCUT2D eigenvalue weighted by Gasteiger charge is 2.36. The minimum Gasteiger partial charge on any atom is -0.444 e. The number of rotatable bonds is 6. The standard InChI is InChI=1S/C15H28N2O3/c1-6-15(7-2,17-12(18)11-8-9-11)10-16-13(19)20-14(3,4)5/h11H,6-10H2,1-5H3,(H,16,19)(H,17,18). The molecule has 1 aliphatic carbocycles. The molecule has 1 rings (SSSR count). The van der Waals surface area contributed by atoms with Crippen LogP contribution in [0.5, 0.6) is 0 Å². The summed E-state index contributed by atoms with van der Waals surface area (Å²) in [5, 5.41) is 5.87. The van der Waals surface area contributed by atoms with Gasteiger partial charge in [-0.25, -0.2) is 4.79 Å². The van der Waals surface area contributed by atoms with Gasteiger partial charge in [0.25, 0.3) is 0 Å². The maximum Gasteiger partial charge on any atom is 0.407 e. The third kappa shape index (κ3) is 5.39. The zero-order chi connectivity index (χ0) is 15.4. The SMILES string of the molecule is CCC(CC)(CNC(=O)OC(C)(C)C)NC(=O)C1CC1. The summed E-state index contributed by atoms with van der Waals surface area (Å²) >= 11 is 0. The van der Waals surface area contributed by atoms with Crippen LogP contribution < -0.4 is 10.6 Å². The molecule has 1 saturated carbocycles. The van der Waals surface area contributed by atoms with Crippen LogP contribution in [-0.4, -0.2) is 29.7 Å². The largest absolute Gasteiger partial charge is 0.444 e. The summed E-state index contributed by atoms with van der Waals surface area (Å²) in [5.41, 5.74) is -0.890. The molecule has 116 valence electrons. The van der Waals surface area contributed by atoms with E-state index in [1.165, 1.54) is 0 Å². The molecule has 0 radical (unpaired) electrons. The van der Waals surface area contributed by atoms with Gasteiger partial charge in [-0.15, -0.1) is 0 Å². The molecule has 0 spiro atoms. The fourth-order valence-electron chi connectivity index (χ4n) is 1.99. The van der Waals surface area contributed by atoms with Crippen LogP contribution in [0.4, 0.5) is 4.79 Å². The van der Waals surface area contributed by atoms with E-state index in [1.807, 2.05) is 34.6 Å². The monoisotopic (exact) mass is 284 g/mol. The van der Waals surface area contributed by atoms with Crippen LogP contribution in [0.2, 0.25) is 0 Å². The molecule has 0 aromatic rings. The van der Waals surface area contributed by atoms with Gasteiger partial charge in [0.15, 0.2) is 0 Å². The smallest absolute Gasteiger partial charge is 0.407 e. The molecule has 1 fully saturated rings. The Labute approximate surface area is 121 Å². The molecule has 0 unspecified atom stereocenters. The molecule has 0 saturated heterocycles. The van der Waals surface area contributed by atoms with Crippen molar-refractivity contribution >= 4 is 12.0 Å². The number of alkyl carbamates (subject to hydrolysis) is 1. The van der Waals surface area contributed by atoms with Gasteiger partial charge in [-0.05, 0) is 46.5 Å². The van der Waals surface area contributed by atoms with Crippen molar-refractivity contribution in [2.75, 3.05) is 6.54 Å². The van der Waals surface area contributed by atoms with Crippen molar-refractivity contribution in [1.29, 1.82) is 0 Å². The number of hydrogen-bond donors (Lipinski definition) is 2. The van der Waals surface area contributed by atoms with E-state index in [0.717, 1.165) is 25.7 Å². The lowest BCUT2D eigenvalue weighted by atomic mass is 9.92. The first-order valence-electron chi connectivity index (χ1n) is 7.50. The van der Waals surface area contributed by atoms with Gasteiger partial charge in [-0.3, -0.25) is 4.79 Å². The molecular weight excluding hydrogens is 256 g/mol. The fourth-order valence-corrected chi connectivity index (χ4v) is 1.99. The molecule has 0 aliphatic heterocycles. The molecule has 5 nitrogen and oxygen atoms in total. The van der Waals surface area contributed by atoms with Gasteiger partial charge in [0.2, 0.25) is 5.91 Å². The Morgan fingerprint density at radius 1 is 1.15 bits per heavy atom. The van der Waals surface area contributed by atoms with E-state index < -0.39 is 11.7 Å². The summed E-state index contributed by atoms with van der Waals surface area (Å²) in [6, 6.07) is 0. The van der Waals surface area contributed by atoms with E-state index in [1.54, 1.807) is 0 Å². The Morgan fingerprint density at radius 2 is 1.70 bits per heavy atom. The Bertz CT molecular complexity index is 353. The van der Waals surface area contributed by atoms with Crippen LogP contribution in [0.15, 0.2) is 0 Å². The molecule has 0 aromatic heterocycles. The molecule has 5 heteroatoms. The van der Waals surface area contributed by atoms with Crippen molar-refractivity contribution in [2.24, 2.45) is 5.92 Å². The van der Waals surface area contributed by atoms with E-state index in [-0.39, 0.29) is 17.4 Å². The highest BCUT2D eigenvalue weighted by atomic mass is 16.6. The van der Waals surface area contributed by atoms with Crippen molar-refractivity contribution in [3.63, 3.8) is 0 Å². The molecule has 1 aliphatic rings. The summed E-state index contributed by atoms with van der Waals surface area (Å²) in [4.78, 5) is 23.7. The van der Waals surface area contributed by atoms with Gasteiger partial charge in [0.1, 0.15) is 5.60 Å². The normalized spacial score (nSPS) is 15.7. The summed E-state index contributed by atoms with van der Waals surface area (Å²) < 4.78 is 5.22. The minimum atomic E-state index is -0.511. The predicted molar refractivity (Wildman–Crippen MR) is 78.4 cm³/mol. The predicted octanol–water partition coefficient (Wildman–Crippen LogP) is 2.60. The molecule has 2 N–H and O–H groups in total. The molecule has 20 heavy (non-hydrogen) atoms. The Hall–Kier alpha value is -1.26. The van der Waals surface area contributed by atoms with Crippen LogP contribution in [-0.2, 0) is 9.53 Å². The van der Waals surface area contributed by atoms with E-state index in [9.17, 15) is 9.59 Å². The maximum atomic E-state index is 12.0. The van der Waals surface area contributed by atoms with Crippen LogP contribution in [0.3, 0.4) is 0 Å². The van der Waals surface area contributed by atoms with Crippen molar-refractivity contribution in [1.82, 2.24) is 10.6 Å². The third-order valence-corrected chi connectivity index (χ3v) is 3.66. The highest BCUT2D eigenvalue weighted by Crippen LogP contribution is 2.30. The zero-order valence-corrected chi connectivity index (χ0v) is 13.3. The van der Waals surface area contributed by atoms with Crippen molar-refractivity contribution in [2.45, 2.75) is 71.4 Å². The van der Waals surface area contributed by atoms with E-state index in [2.05, 4.69) is 10.6 Å². The molecule has 2 amide bonds. The second kappa shape index (κ2) is 6.46. The summed E-state index contributed by atoms with van der Waals surface area (Å²) in [7, 11) is 0. The lowest BCUT2D eigenvalue weighted by molar-refractivity contribution is -0.124. The van der Waals surface area contributed by atoms with Crippen molar-refractivity contribution < 1.29 is 14.3 Å². The van der Waals surface area contributed by atoms with Crippen LogP contribution in [0.25, 0.3) is 0 Å². The quantitative estimate of drug-likeness (QED) is 0.788. The average molecular weight is 284 g/mol. The number of carbonyl (C=O) groups is 2. The number of nitrogens with one attached hydrogen (secondary N) is 2. The number of ether oxygens (including phenoxy) is 1. The average Bonchev–Trinajstić information content (AvgIpc) is 3.16. The second-order valence-electron chi connectivity index (χ2n) is 6.61. The van der Waals surface area contributed by atoms with E-state index in [4.69, 9.17) is 4.74 Å². The maximum absolute atomic E-state index is 12.0. The van der Waals surface area contributed by atoms with Gasteiger partial charge in [0.05, 0.1) is 5.54 Å². The van der Waals surface area contributed by atoms with Gasteiger partial charge < -0.3 is 15.4 Å². The number of amides is 2. The van der Waals surface area contributed by atoms with Crippen LogP contribution in [0, 0.1) is 5.92 Å². The second-order valence-corrected chi connectivity index (χ2v) is 6.61. The Morgan fingerprint density at radius 3 is 2.10 bits per heavy atom. The summed E-state index contributed by atoms with van der Waals surface area (Å²) in [6.07, 6.45) is 3.07. The van der Waals surface area contributed by atoms with Crippen LogP contribution in [0.1, 0.15) is 60.3 Å². The summed E-state index contributed by atoms with van der Waals surface area (Å²) in [6.45, 7) is 9.92. The lowest BCUT2D eigenvalue weighted by Gasteiger charge is -2.33. The molecule has 0 heterocycles. The van der Waals surface area contributed by atoms with Gasteiger partial charge in [0, 0.05) is 12.5 Å². The first-order valence-corrected chi connectivity index (χ1v) is 7.50. The zero-order valence-electron chi connectivity index (χ0n) is 13.3. The first-order chi connectivity index (χ1) is 9.21. The number of hydrogen-bond acceptors (Lipinski definition) is 3. The van der Waals surface area contributed by atoms with Crippen molar-refractivity contribution in [3.05, 3.63) is 0 Å². The highest BCUT2D eigenvalue weighted by molar-refractivity contribution is 5.81. The van der Waals surface area contributed by atoms with Gasteiger partial charge in [-0.2, -0.15) is 0 Å². The third-order valence-electron chi connectivity index (χ3n) is 3.66. The van der Waals surface area contributed by atoms with E-state index in [0.29, 0.717) is 6.54 Å². The van der Waals surface area contributed by atoms with E-state index >= 15 is 0 Å². The topological polar surface area (TPSA) is 67.4 Å². The van der Waals surface area contributed by atoms with Crippen molar-refractivity contribution in [3.8, 4) is 0 Å². The Balaban J connectivity index is 2.52. The molecule has 0 bridgehead atoms. The molecule has 0 aromatic carbocycles. The first kappa shape index (κ1) is 16.8. The molecular formula is C15H28N2O3. The lowest BCUT2D eigenvalue weighted by Crippen LogP contribution is -2.55. The fraction of sp³-hybridized carbons (Fsp3) is 0.867. The Kier molecular flexibility index (Phi) is 5.42. The minimum absolute atomic E-state index is 0.111. The number of carbonyl (C=O) groups excluding carboxylic acids is 2. The van der Waals surface area contributed by atoms with Gasteiger partial charge in [-0.1, -0.05) is 13.8 Å². The van der Waals surface area contributed by atoms with Crippen LogP contribution >= 0.6 is 0 Å². The van der Waals surface area contributed by atoms with Gasteiger partial charge >= 0.3 is 6.09 Å².